The summed E-state index contributed by atoms with van der Waals surface area (Å²) in [7, 11) is 0. The quantitative estimate of drug-likeness (QED) is 0.390. The van der Waals surface area contributed by atoms with Gasteiger partial charge in [-0.2, -0.15) is 5.10 Å². The molecule has 0 aromatic heterocycles. The second-order valence-corrected chi connectivity index (χ2v) is 3.68. The van der Waals surface area contributed by atoms with Gasteiger partial charge in [0, 0.05) is 0 Å². The van der Waals surface area contributed by atoms with Crippen LogP contribution in [0.1, 0.15) is 6.92 Å². The molecule has 0 atom stereocenters. The topological polar surface area (TPSA) is 67.8 Å². The first kappa shape index (κ1) is 13.4. The lowest BCUT2D eigenvalue weighted by atomic mass is 10.3. The van der Waals surface area contributed by atoms with Gasteiger partial charge in [-0.25, -0.2) is 4.79 Å². The summed E-state index contributed by atoms with van der Waals surface area (Å²) in [5.74, 6) is -1.76. The second kappa shape index (κ2) is 6.80. The monoisotopic (exact) mass is 298 g/mol. The Hall–Kier alpha value is -1.69. The van der Waals surface area contributed by atoms with Gasteiger partial charge in [0.15, 0.2) is 4.62 Å². The van der Waals surface area contributed by atoms with Gasteiger partial charge in [0.25, 0.3) is 5.78 Å². The van der Waals surface area contributed by atoms with Gasteiger partial charge in [-0.05, 0) is 35.0 Å². The third-order valence-electron chi connectivity index (χ3n) is 1.71. The summed E-state index contributed by atoms with van der Waals surface area (Å²) in [4.78, 5) is 22.4. The molecule has 1 N–H and O–H groups in total. The van der Waals surface area contributed by atoms with E-state index in [-0.39, 0.29) is 11.2 Å². The number of ether oxygens (including phenoxy) is 1. The van der Waals surface area contributed by atoms with Crippen LogP contribution in [0.2, 0.25) is 0 Å². The van der Waals surface area contributed by atoms with Gasteiger partial charge >= 0.3 is 5.97 Å². The van der Waals surface area contributed by atoms with Crippen molar-refractivity contribution in [3.63, 3.8) is 0 Å². The van der Waals surface area contributed by atoms with Crippen LogP contribution >= 0.6 is 15.9 Å². The number of esters is 1. The molecule has 90 valence electrons. The molecule has 0 aliphatic rings. The smallest absolute Gasteiger partial charge is 0.382 e. The van der Waals surface area contributed by atoms with Gasteiger partial charge in [0.2, 0.25) is 0 Å². The summed E-state index contributed by atoms with van der Waals surface area (Å²) in [5, 5.41) is 3.73. The van der Waals surface area contributed by atoms with Crippen LogP contribution in [0.3, 0.4) is 0 Å². The van der Waals surface area contributed by atoms with Crippen molar-refractivity contribution >= 4 is 38.0 Å². The Kier molecular flexibility index (Phi) is 5.35. The molecule has 0 aliphatic carbocycles. The molecular formula is C11H11BrN2O3. The molecule has 0 spiro atoms. The van der Waals surface area contributed by atoms with E-state index in [1.807, 2.05) is 18.2 Å². The summed E-state index contributed by atoms with van der Waals surface area (Å²) in [5.41, 5.74) is 3.34. The van der Waals surface area contributed by atoms with Crippen molar-refractivity contribution in [3.05, 3.63) is 30.3 Å². The summed E-state index contributed by atoms with van der Waals surface area (Å²) in [6.07, 6.45) is 0. The number of Topliss-reactive ketones (excluding diaryl/α,β-unsaturated/α-hetero) is 1. The molecule has 5 nitrogen and oxygen atoms in total. The third-order valence-corrected chi connectivity index (χ3v) is 2.24. The van der Waals surface area contributed by atoms with E-state index in [9.17, 15) is 9.59 Å². The maximum Gasteiger partial charge on any atom is 0.382 e. The molecule has 1 rings (SSSR count). The van der Waals surface area contributed by atoms with E-state index in [4.69, 9.17) is 0 Å². The van der Waals surface area contributed by atoms with Crippen molar-refractivity contribution in [2.24, 2.45) is 5.10 Å². The van der Waals surface area contributed by atoms with Crippen LogP contribution in [-0.2, 0) is 14.3 Å². The molecule has 0 saturated carbocycles. The Morgan fingerprint density at radius 3 is 2.59 bits per heavy atom. The van der Waals surface area contributed by atoms with Crippen molar-refractivity contribution < 1.29 is 14.3 Å². The van der Waals surface area contributed by atoms with Gasteiger partial charge in [-0.15, -0.1) is 0 Å². The molecule has 6 heteroatoms. The van der Waals surface area contributed by atoms with E-state index in [0.29, 0.717) is 5.69 Å². The zero-order valence-electron chi connectivity index (χ0n) is 9.14. The lowest BCUT2D eigenvalue weighted by Crippen LogP contribution is -2.23. The molecule has 0 amide bonds. The number of carbonyl (C=O) groups is 2. The highest BCUT2D eigenvalue weighted by molar-refractivity contribution is 9.19. The number of hydrogen-bond donors (Lipinski definition) is 1. The van der Waals surface area contributed by atoms with Gasteiger partial charge in [-0.1, -0.05) is 18.2 Å². The molecule has 0 heterocycles. The molecule has 0 radical (unpaired) electrons. The fraction of sp³-hybridized carbons (Fsp3) is 0.182. The highest BCUT2D eigenvalue weighted by Crippen LogP contribution is 2.05. The number of benzene rings is 1. The highest BCUT2D eigenvalue weighted by atomic mass is 79.9. The third kappa shape index (κ3) is 4.36. The SMILES string of the molecule is CCOC(=O)C(=O)/C(Br)=N/Nc1ccccc1. The van der Waals surface area contributed by atoms with Crippen LogP contribution in [0.4, 0.5) is 5.69 Å². The number of para-hydroxylation sites is 1. The van der Waals surface area contributed by atoms with Gasteiger partial charge in [-0.3, -0.25) is 10.2 Å². The van der Waals surface area contributed by atoms with Crippen molar-refractivity contribution in [2.75, 3.05) is 12.0 Å². The summed E-state index contributed by atoms with van der Waals surface area (Å²) in [6, 6.07) is 9.04. The molecule has 1 aromatic carbocycles. The minimum Gasteiger partial charge on any atom is -0.460 e. The number of anilines is 1. The summed E-state index contributed by atoms with van der Waals surface area (Å²) >= 11 is 2.91. The van der Waals surface area contributed by atoms with Gasteiger partial charge in [0.1, 0.15) is 0 Å². The number of hydrazone groups is 1. The highest BCUT2D eigenvalue weighted by Gasteiger charge is 2.19. The number of hydrogen-bond acceptors (Lipinski definition) is 5. The Labute approximate surface area is 107 Å². The van der Waals surface area contributed by atoms with E-state index in [2.05, 4.69) is 31.2 Å². The molecule has 0 unspecified atom stereocenters. The maximum absolute atomic E-state index is 11.4. The zero-order valence-corrected chi connectivity index (χ0v) is 10.7. The minimum atomic E-state index is -0.932. The minimum absolute atomic E-state index is 0.125. The van der Waals surface area contributed by atoms with Crippen LogP contribution in [0.5, 0.6) is 0 Å². The summed E-state index contributed by atoms with van der Waals surface area (Å²) in [6.45, 7) is 1.77. The standard InChI is InChI=1S/C11H11BrN2O3/c1-2-17-11(16)9(15)10(12)14-13-8-6-4-3-5-7-8/h3-7,13H,2H2,1H3/b14-10-. The van der Waals surface area contributed by atoms with E-state index in [1.165, 1.54) is 0 Å². The molecule has 0 saturated heterocycles. The number of rotatable bonds is 5. The lowest BCUT2D eigenvalue weighted by Gasteiger charge is -2.01. The molecule has 0 bridgehead atoms. The van der Waals surface area contributed by atoms with Crippen molar-refractivity contribution in [2.45, 2.75) is 6.92 Å². The first-order valence-electron chi connectivity index (χ1n) is 4.91. The first-order valence-corrected chi connectivity index (χ1v) is 5.70. The Morgan fingerprint density at radius 1 is 1.35 bits per heavy atom. The van der Waals surface area contributed by atoms with E-state index in [0.717, 1.165) is 0 Å². The Bertz CT molecular complexity index is 432. The fourth-order valence-electron chi connectivity index (χ4n) is 0.958. The van der Waals surface area contributed by atoms with E-state index >= 15 is 0 Å². The number of ketones is 1. The molecule has 0 aliphatic heterocycles. The number of nitrogens with zero attached hydrogens (tertiary/aromatic N) is 1. The Morgan fingerprint density at radius 2 is 2.00 bits per heavy atom. The lowest BCUT2D eigenvalue weighted by molar-refractivity contribution is -0.150. The Balaban J connectivity index is 2.61. The van der Waals surface area contributed by atoms with Crippen molar-refractivity contribution in [3.8, 4) is 0 Å². The van der Waals surface area contributed by atoms with Crippen LogP contribution in [0.15, 0.2) is 35.4 Å². The first-order chi connectivity index (χ1) is 8.15. The van der Waals surface area contributed by atoms with Crippen LogP contribution < -0.4 is 5.43 Å². The predicted molar refractivity (Wildman–Crippen MR) is 68.1 cm³/mol. The molecule has 0 fully saturated rings. The van der Waals surface area contributed by atoms with Gasteiger partial charge < -0.3 is 4.74 Å². The fourth-order valence-corrected chi connectivity index (χ4v) is 1.21. The molecule has 1 aromatic rings. The number of carbonyl (C=O) groups excluding carboxylic acids is 2. The predicted octanol–water partition coefficient (Wildman–Crippen LogP) is 1.94. The number of nitrogens with one attached hydrogen (secondary N) is 1. The normalized spacial score (nSPS) is 10.8. The second-order valence-electron chi connectivity index (χ2n) is 2.93. The maximum atomic E-state index is 11.4. The number of halogens is 1. The van der Waals surface area contributed by atoms with Crippen LogP contribution in [0.25, 0.3) is 0 Å². The van der Waals surface area contributed by atoms with E-state index in [1.54, 1.807) is 19.1 Å². The van der Waals surface area contributed by atoms with Crippen LogP contribution in [-0.4, -0.2) is 23.0 Å². The molecule has 17 heavy (non-hydrogen) atoms. The van der Waals surface area contributed by atoms with E-state index < -0.39 is 11.8 Å². The average Bonchev–Trinajstić information content (AvgIpc) is 2.36. The van der Waals surface area contributed by atoms with Crippen molar-refractivity contribution in [1.82, 2.24) is 0 Å². The summed E-state index contributed by atoms with van der Waals surface area (Å²) < 4.78 is 4.42. The zero-order chi connectivity index (χ0) is 12.7. The largest absolute Gasteiger partial charge is 0.460 e. The van der Waals surface area contributed by atoms with Crippen molar-refractivity contribution in [1.29, 1.82) is 0 Å². The van der Waals surface area contributed by atoms with Crippen LogP contribution in [0, 0.1) is 0 Å². The average molecular weight is 299 g/mol. The van der Waals surface area contributed by atoms with Gasteiger partial charge in [0.05, 0.1) is 12.3 Å². The molecular weight excluding hydrogens is 288 g/mol.